The molecule has 1 aliphatic heterocycles. The number of hydrogen-bond acceptors (Lipinski definition) is 3. The normalized spacial score (nSPS) is 17.4. The second-order valence-electron chi connectivity index (χ2n) is 17.8. The summed E-state index contributed by atoms with van der Waals surface area (Å²) in [6.07, 6.45) is 8.04. The Labute approximate surface area is 371 Å². The van der Waals surface area contributed by atoms with Crippen molar-refractivity contribution in [1.82, 2.24) is 9.88 Å². The van der Waals surface area contributed by atoms with Crippen LogP contribution < -0.4 is 5.32 Å². The maximum absolute atomic E-state index is 5.28. The zero-order chi connectivity index (χ0) is 41.8. The first-order chi connectivity index (χ1) is 31.0. The third-order valence-electron chi connectivity index (χ3n) is 14.0. The Balaban J connectivity index is 0.902. The first kappa shape index (κ1) is 36.4. The molecule has 3 aliphatic rings. The fourth-order valence-corrected chi connectivity index (χ4v) is 12.3. The number of benzene rings is 8. The van der Waals surface area contributed by atoms with Gasteiger partial charge in [-0.15, -0.1) is 11.3 Å². The molecule has 0 radical (unpaired) electrons. The lowest BCUT2D eigenvalue weighted by Crippen LogP contribution is -2.32. The largest absolute Gasteiger partial charge is 0.359 e. The minimum atomic E-state index is -0.247. The lowest BCUT2D eigenvalue weighted by molar-refractivity contribution is 0.639. The molecular weight excluding hydrogens is 783 g/mol. The molecule has 2 aromatic heterocycles. The molecular formula is C59H43N3S. The number of amidine groups is 1. The summed E-state index contributed by atoms with van der Waals surface area (Å²) in [5.41, 5.74) is 16.1. The van der Waals surface area contributed by atoms with E-state index in [-0.39, 0.29) is 17.5 Å². The molecule has 4 heteroatoms. The van der Waals surface area contributed by atoms with E-state index in [0.717, 1.165) is 29.1 Å². The van der Waals surface area contributed by atoms with Crippen LogP contribution in [0.25, 0.3) is 76.7 Å². The predicted molar refractivity (Wildman–Crippen MR) is 267 cm³/mol. The highest BCUT2D eigenvalue weighted by Gasteiger charge is 2.35. The van der Waals surface area contributed by atoms with Crippen LogP contribution in [-0.2, 0) is 11.8 Å². The summed E-state index contributed by atoms with van der Waals surface area (Å²) in [7, 11) is 0. The van der Waals surface area contributed by atoms with Crippen molar-refractivity contribution in [1.29, 1.82) is 0 Å². The van der Waals surface area contributed by atoms with Crippen LogP contribution in [0, 0.1) is 0 Å². The van der Waals surface area contributed by atoms with Crippen molar-refractivity contribution in [2.24, 2.45) is 4.99 Å². The fourth-order valence-electron chi connectivity index (χ4n) is 11.0. The van der Waals surface area contributed by atoms with Crippen molar-refractivity contribution in [3.05, 3.63) is 226 Å². The van der Waals surface area contributed by atoms with Gasteiger partial charge >= 0.3 is 0 Å². The van der Waals surface area contributed by atoms with E-state index >= 15 is 0 Å². The molecule has 1 N–H and O–H groups in total. The number of fused-ring (bicyclic) bond motifs is 8. The summed E-state index contributed by atoms with van der Waals surface area (Å²) in [5, 5.41) is 10.5. The Morgan fingerprint density at radius 1 is 0.587 bits per heavy atom. The zero-order valence-electron chi connectivity index (χ0n) is 35.1. The van der Waals surface area contributed by atoms with Crippen LogP contribution in [0.5, 0.6) is 0 Å². The molecule has 63 heavy (non-hydrogen) atoms. The molecule has 2 atom stereocenters. The van der Waals surface area contributed by atoms with E-state index in [9.17, 15) is 0 Å². The van der Waals surface area contributed by atoms with Gasteiger partial charge < -0.3 is 9.88 Å². The van der Waals surface area contributed by atoms with Crippen LogP contribution in [0.3, 0.4) is 0 Å². The van der Waals surface area contributed by atoms with Crippen molar-refractivity contribution < 1.29 is 0 Å². The van der Waals surface area contributed by atoms with Gasteiger partial charge in [-0.2, -0.15) is 0 Å². The molecule has 3 heterocycles. The van der Waals surface area contributed by atoms with Crippen LogP contribution in [0.1, 0.15) is 64.2 Å². The Kier molecular flexibility index (Phi) is 8.01. The van der Waals surface area contributed by atoms with Crippen molar-refractivity contribution in [3.8, 4) is 22.3 Å². The van der Waals surface area contributed by atoms with Gasteiger partial charge in [0.2, 0.25) is 0 Å². The number of nitrogens with zero attached hydrogens (tertiary/aromatic N) is 2. The number of aliphatic imine (C=N–C) groups is 1. The van der Waals surface area contributed by atoms with Crippen LogP contribution in [0.4, 0.5) is 0 Å². The number of hydrogen-bond donors (Lipinski definition) is 1. The highest BCUT2D eigenvalue weighted by molar-refractivity contribution is 7.20. The molecule has 2 aliphatic carbocycles. The van der Waals surface area contributed by atoms with Gasteiger partial charge in [-0.1, -0.05) is 178 Å². The average Bonchev–Trinajstić information content (AvgIpc) is 3.89. The lowest BCUT2D eigenvalue weighted by atomic mass is 9.67. The van der Waals surface area contributed by atoms with E-state index in [1.54, 1.807) is 0 Å². The molecule has 8 aromatic carbocycles. The van der Waals surface area contributed by atoms with Gasteiger partial charge in [-0.25, -0.2) is 4.99 Å². The number of thiophene rings is 1. The Morgan fingerprint density at radius 2 is 1.25 bits per heavy atom. The Morgan fingerprint density at radius 3 is 2.05 bits per heavy atom. The predicted octanol–water partition coefficient (Wildman–Crippen LogP) is 15.1. The van der Waals surface area contributed by atoms with Gasteiger partial charge in [-0.3, -0.25) is 0 Å². The molecule has 13 rings (SSSR count). The first-order valence-corrected chi connectivity index (χ1v) is 22.9. The second-order valence-corrected chi connectivity index (χ2v) is 18.9. The molecule has 0 saturated carbocycles. The average molecular weight is 826 g/mol. The van der Waals surface area contributed by atoms with Crippen molar-refractivity contribution in [2.75, 3.05) is 0 Å². The number of nitrogens with one attached hydrogen (secondary N) is 1. The highest BCUT2D eigenvalue weighted by Crippen LogP contribution is 2.52. The minimum Gasteiger partial charge on any atom is -0.359 e. The van der Waals surface area contributed by atoms with Crippen molar-refractivity contribution >= 4 is 71.6 Å². The summed E-state index contributed by atoms with van der Waals surface area (Å²) in [6.45, 7) is 4.79. The summed E-state index contributed by atoms with van der Waals surface area (Å²) in [6, 6.07) is 64.9. The van der Waals surface area contributed by atoms with Crippen LogP contribution >= 0.6 is 11.3 Å². The van der Waals surface area contributed by atoms with Crippen LogP contribution in [-0.4, -0.2) is 10.4 Å². The topological polar surface area (TPSA) is 29.3 Å². The highest BCUT2D eigenvalue weighted by atomic mass is 32.1. The van der Waals surface area contributed by atoms with E-state index in [1.165, 1.54) is 92.0 Å². The molecule has 0 saturated heterocycles. The summed E-state index contributed by atoms with van der Waals surface area (Å²) in [4.78, 5) is 6.65. The van der Waals surface area contributed by atoms with Gasteiger partial charge in [0.25, 0.3) is 0 Å². The van der Waals surface area contributed by atoms with E-state index in [2.05, 4.69) is 218 Å². The molecule has 0 bridgehead atoms. The molecule has 0 fully saturated rings. The maximum atomic E-state index is 5.28. The van der Waals surface area contributed by atoms with E-state index in [4.69, 9.17) is 4.99 Å². The van der Waals surface area contributed by atoms with Gasteiger partial charge in [0, 0.05) is 47.9 Å². The third kappa shape index (κ3) is 5.54. The smallest absolute Gasteiger partial charge is 0.134 e. The van der Waals surface area contributed by atoms with Gasteiger partial charge in [0.05, 0.1) is 17.8 Å². The van der Waals surface area contributed by atoms with Gasteiger partial charge in [0.1, 0.15) is 5.84 Å². The van der Waals surface area contributed by atoms with Crippen LogP contribution in [0.2, 0.25) is 0 Å². The number of aromatic nitrogens is 1. The SMILES string of the molecule is CC1(C)c2cc(C3=NC(c4ccccc4)=CC(c4ccccc4)N3)ccc2-c2ccc(-c3cccc4c5c(sc34)C=CC(n3c4ccccc4c4ccccc43)C5)c3cccc1c23. The number of rotatable bonds is 5. The monoisotopic (exact) mass is 825 g/mol. The summed E-state index contributed by atoms with van der Waals surface area (Å²) < 4.78 is 3.93. The second kappa shape index (κ2) is 13.9. The summed E-state index contributed by atoms with van der Waals surface area (Å²) >= 11 is 1.95. The van der Waals surface area contributed by atoms with E-state index in [0.29, 0.717) is 0 Å². The van der Waals surface area contributed by atoms with E-state index < -0.39 is 0 Å². The van der Waals surface area contributed by atoms with E-state index in [1.807, 2.05) is 11.3 Å². The lowest BCUT2D eigenvalue weighted by Gasteiger charge is -2.36. The molecule has 300 valence electrons. The molecule has 3 nitrogen and oxygen atoms in total. The molecule has 0 spiro atoms. The molecule has 0 amide bonds. The standard InChI is InChI=1S/C59H43N3S/c1-59(2)49-24-14-21-44-40(46-22-13-23-47-48-34-39(28-32-55(48)63-57(46)47)62-53-25-11-9-19-42(53)43-20-10-12-26-54(43)62)30-31-45(56(44)49)41-29-27-38(33-50(41)59)58-60-51(36-15-5-3-6-16-36)35-52(61-58)37-17-7-4-8-18-37/h3-33,35,39,51H,34H2,1-2H3,(H,60,61). The molecule has 10 aromatic rings. The third-order valence-corrected chi connectivity index (χ3v) is 15.3. The maximum Gasteiger partial charge on any atom is 0.134 e. The first-order valence-electron chi connectivity index (χ1n) is 22.1. The zero-order valence-corrected chi connectivity index (χ0v) is 36.0. The number of para-hydroxylation sites is 2. The molecule has 2 unspecified atom stereocenters. The minimum absolute atomic E-state index is 0.00159. The van der Waals surface area contributed by atoms with Crippen LogP contribution in [0.15, 0.2) is 193 Å². The van der Waals surface area contributed by atoms with Gasteiger partial charge in [-0.05, 0) is 97.4 Å². The quantitative estimate of drug-likeness (QED) is 0.184. The number of allylic oxidation sites excluding steroid dienone is 1. The Hall–Kier alpha value is -7.27. The van der Waals surface area contributed by atoms with Gasteiger partial charge in [0.15, 0.2) is 0 Å². The fraction of sp³-hybridized carbons (Fsp3) is 0.102. The van der Waals surface area contributed by atoms with Crippen molar-refractivity contribution in [3.63, 3.8) is 0 Å². The Bertz CT molecular complexity index is 3550. The summed E-state index contributed by atoms with van der Waals surface area (Å²) in [5.74, 6) is 0.895. The van der Waals surface area contributed by atoms with Crippen molar-refractivity contribution in [2.45, 2.75) is 37.8 Å².